The molecule has 0 radical (unpaired) electrons. The van der Waals surface area contributed by atoms with Gasteiger partial charge in [0.2, 0.25) is 5.89 Å². The number of amides is 1. The van der Waals surface area contributed by atoms with E-state index >= 15 is 0 Å². The minimum absolute atomic E-state index is 0.0343. The van der Waals surface area contributed by atoms with Crippen LogP contribution in [-0.4, -0.2) is 31.2 Å². The molecular weight excluding hydrogens is 475 g/mol. The number of carbonyl (C=O) groups excluding carboxylic acids is 1. The van der Waals surface area contributed by atoms with Crippen molar-refractivity contribution in [2.24, 2.45) is 0 Å². The van der Waals surface area contributed by atoms with Crippen molar-refractivity contribution in [2.45, 2.75) is 11.1 Å². The first-order valence-corrected chi connectivity index (χ1v) is 11.8. The smallest absolute Gasteiger partial charge is 0.416 e. The predicted molar refractivity (Wildman–Crippen MR) is 133 cm³/mol. The lowest BCUT2D eigenvalue weighted by Gasteiger charge is -2.12. The Bertz CT molecular complexity index is 1330. The summed E-state index contributed by atoms with van der Waals surface area (Å²) in [4.78, 5) is 20.5. The van der Waals surface area contributed by atoms with Crippen LogP contribution in [0.25, 0.3) is 22.8 Å². The minimum atomic E-state index is -4.45. The maximum atomic E-state index is 13.2. The van der Waals surface area contributed by atoms with Crippen LogP contribution in [0.3, 0.4) is 0 Å². The average molecular weight is 498 g/mol. The van der Waals surface area contributed by atoms with E-state index in [1.165, 1.54) is 12.1 Å². The lowest BCUT2D eigenvalue weighted by atomic mass is 10.1. The van der Waals surface area contributed by atoms with Gasteiger partial charge in [-0.1, -0.05) is 6.07 Å². The van der Waals surface area contributed by atoms with Gasteiger partial charge in [0.1, 0.15) is 0 Å². The molecule has 0 aliphatic carbocycles. The maximum Gasteiger partial charge on any atom is 0.416 e. The first-order chi connectivity index (χ1) is 16.7. The van der Waals surface area contributed by atoms with Crippen LogP contribution < -0.4 is 10.2 Å². The lowest BCUT2D eigenvalue weighted by molar-refractivity contribution is -0.137. The normalized spacial score (nSPS) is 11.4. The highest BCUT2D eigenvalue weighted by Crippen LogP contribution is 2.34. The van der Waals surface area contributed by atoms with E-state index in [2.05, 4.69) is 10.3 Å². The fourth-order valence-electron chi connectivity index (χ4n) is 3.40. The van der Waals surface area contributed by atoms with Crippen LogP contribution >= 0.6 is 11.8 Å². The maximum absolute atomic E-state index is 13.2. The van der Waals surface area contributed by atoms with Crippen LogP contribution in [0.4, 0.5) is 24.5 Å². The van der Waals surface area contributed by atoms with E-state index < -0.39 is 17.6 Å². The Kier molecular flexibility index (Phi) is 6.88. The van der Waals surface area contributed by atoms with E-state index in [1.54, 1.807) is 30.0 Å². The van der Waals surface area contributed by atoms with Gasteiger partial charge in [0.15, 0.2) is 11.5 Å². The lowest BCUT2D eigenvalue weighted by Crippen LogP contribution is -2.13. The highest BCUT2D eigenvalue weighted by molar-refractivity contribution is 7.98. The van der Waals surface area contributed by atoms with Crippen molar-refractivity contribution in [1.29, 1.82) is 0 Å². The van der Waals surface area contributed by atoms with Crippen LogP contribution in [0.15, 0.2) is 82.1 Å². The quantitative estimate of drug-likeness (QED) is 0.289. The number of nitrogens with one attached hydrogen (secondary N) is 1. The highest BCUT2D eigenvalue weighted by Gasteiger charge is 2.30. The number of rotatable bonds is 6. The van der Waals surface area contributed by atoms with Crippen molar-refractivity contribution in [3.63, 3.8) is 0 Å². The molecule has 0 fully saturated rings. The van der Waals surface area contributed by atoms with Crippen molar-refractivity contribution in [3.05, 3.63) is 84.1 Å². The first kappa shape index (κ1) is 24.4. The van der Waals surface area contributed by atoms with Gasteiger partial charge in [0, 0.05) is 41.5 Å². The SMILES string of the molecule is CSc1cccc(NC(=O)c2nc(-c3ccc(C(F)(F)F)cc3)oc2-c2ccc(N(C)C)cc2)c1. The monoisotopic (exact) mass is 497 g/mol. The molecule has 1 aromatic heterocycles. The molecule has 4 rings (SSSR count). The fourth-order valence-corrected chi connectivity index (χ4v) is 3.86. The standard InChI is InChI=1S/C26H22F3N3O2S/c1-32(2)20-13-9-16(10-14-20)23-22(24(33)30-19-5-4-6-21(15-19)35-3)31-25(34-23)17-7-11-18(12-8-17)26(27,28)29/h4-15H,1-3H3,(H,30,33). The third-order valence-electron chi connectivity index (χ3n) is 5.27. The number of hydrogen-bond acceptors (Lipinski definition) is 5. The van der Waals surface area contributed by atoms with E-state index in [1.807, 2.05) is 55.6 Å². The molecule has 35 heavy (non-hydrogen) atoms. The summed E-state index contributed by atoms with van der Waals surface area (Å²) in [5.41, 5.74) is 1.74. The minimum Gasteiger partial charge on any atom is -0.435 e. The van der Waals surface area contributed by atoms with Crippen molar-refractivity contribution < 1.29 is 22.4 Å². The summed E-state index contributed by atoms with van der Waals surface area (Å²) in [6, 6.07) is 19.2. The topological polar surface area (TPSA) is 58.4 Å². The summed E-state index contributed by atoms with van der Waals surface area (Å²) < 4.78 is 44.9. The molecule has 0 atom stereocenters. The Hall–Kier alpha value is -3.72. The van der Waals surface area contributed by atoms with Gasteiger partial charge < -0.3 is 14.6 Å². The molecule has 0 spiro atoms. The van der Waals surface area contributed by atoms with Gasteiger partial charge in [0.05, 0.1) is 5.56 Å². The Morgan fingerprint density at radius 2 is 1.63 bits per heavy atom. The van der Waals surface area contributed by atoms with Crippen molar-refractivity contribution in [2.75, 3.05) is 30.6 Å². The molecule has 1 heterocycles. The van der Waals surface area contributed by atoms with Crippen LogP contribution in [0.1, 0.15) is 16.1 Å². The molecule has 1 N–H and O–H groups in total. The molecule has 0 saturated carbocycles. The number of anilines is 2. The Labute approximate surface area is 205 Å². The van der Waals surface area contributed by atoms with Gasteiger partial charge in [0.25, 0.3) is 5.91 Å². The number of nitrogens with zero attached hydrogens (tertiary/aromatic N) is 2. The van der Waals surface area contributed by atoms with Crippen molar-refractivity contribution in [1.82, 2.24) is 4.98 Å². The summed E-state index contributed by atoms with van der Waals surface area (Å²) >= 11 is 1.54. The molecule has 180 valence electrons. The molecule has 0 aliphatic rings. The van der Waals surface area contributed by atoms with E-state index in [0.29, 0.717) is 16.8 Å². The molecule has 5 nitrogen and oxygen atoms in total. The van der Waals surface area contributed by atoms with E-state index in [4.69, 9.17) is 4.42 Å². The second kappa shape index (κ2) is 9.87. The Morgan fingerprint density at radius 1 is 0.971 bits per heavy atom. The number of alkyl halides is 3. The highest BCUT2D eigenvalue weighted by atomic mass is 32.2. The zero-order valence-electron chi connectivity index (χ0n) is 19.2. The molecule has 0 aliphatic heterocycles. The summed E-state index contributed by atoms with van der Waals surface area (Å²) in [6.07, 6.45) is -2.52. The number of hydrogen-bond donors (Lipinski definition) is 1. The second-order valence-corrected chi connectivity index (χ2v) is 8.78. The number of thioether (sulfide) groups is 1. The predicted octanol–water partition coefficient (Wildman–Crippen LogP) is 7.07. The summed E-state index contributed by atoms with van der Waals surface area (Å²) in [7, 11) is 3.82. The summed E-state index contributed by atoms with van der Waals surface area (Å²) in [6.45, 7) is 0. The summed E-state index contributed by atoms with van der Waals surface area (Å²) in [5, 5.41) is 2.83. The van der Waals surface area contributed by atoms with Crippen LogP contribution in [0.2, 0.25) is 0 Å². The van der Waals surface area contributed by atoms with Crippen LogP contribution in [0, 0.1) is 0 Å². The molecule has 1 amide bonds. The third kappa shape index (κ3) is 5.51. The van der Waals surface area contributed by atoms with E-state index in [9.17, 15) is 18.0 Å². The van der Waals surface area contributed by atoms with Gasteiger partial charge >= 0.3 is 6.18 Å². The number of carbonyl (C=O) groups is 1. The van der Waals surface area contributed by atoms with Gasteiger partial charge in [-0.3, -0.25) is 4.79 Å². The number of benzene rings is 3. The van der Waals surface area contributed by atoms with E-state index in [0.717, 1.165) is 22.7 Å². The molecular formula is C26H22F3N3O2S. The number of oxazole rings is 1. The van der Waals surface area contributed by atoms with Crippen molar-refractivity contribution in [3.8, 4) is 22.8 Å². The fraction of sp³-hybridized carbons (Fsp3) is 0.154. The van der Waals surface area contributed by atoms with Gasteiger partial charge in [-0.25, -0.2) is 4.98 Å². The summed E-state index contributed by atoms with van der Waals surface area (Å²) in [5.74, 6) is -0.214. The number of aromatic nitrogens is 1. The zero-order chi connectivity index (χ0) is 25.2. The molecule has 3 aromatic carbocycles. The Morgan fingerprint density at radius 3 is 2.23 bits per heavy atom. The van der Waals surface area contributed by atoms with Gasteiger partial charge in [-0.15, -0.1) is 11.8 Å². The third-order valence-corrected chi connectivity index (χ3v) is 6.00. The molecule has 0 bridgehead atoms. The largest absolute Gasteiger partial charge is 0.435 e. The average Bonchev–Trinajstić information content (AvgIpc) is 3.29. The van der Waals surface area contributed by atoms with Gasteiger partial charge in [-0.2, -0.15) is 13.2 Å². The number of halogens is 3. The van der Waals surface area contributed by atoms with Crippen LogP contribution in [0.5, 0.6) is 0 Å². The van der Waals surface area contributed by atoms with Crippen molar-refractivity contribution >= 4 is 29.0 Å². The molecule has 9 heteroatoms. The first-order valence-electron chi connectivity index (χ1n) is 10.6. The molecule has 4 aromatic rings. The Balaban J connectivity index is 1.74. The molecule has 0 unspecified atom stereocenters. The molecule has 0 saturated heterocycles. The van der Waals surface area contributed by atoms with Gasteiger partial charge in [-0.05, 0) is 73.0 Å². The van der Waals surface area contributed by atoms with E-state index in [-0.39, 0.29) is 17.3 Å². The second-order valence-electron chi connectivity index (χ2n) is 7.90. The zero-order valence-corrected chi connectivity index (χ0v) is 20.0. The van der Waals surface area contributed by atoms with Crippen LogP contribution in [-0.2, 0) is 6.18 Å².